The van der Waals surface area contributed by atoms with Crippen LogP contribution in [0.1, 0.15) is 36.8 Å². The van der Waals surface area contributed by atoms with Crippen LogP contribution in [0.15, 0.2) is 24.3 Å². The van der Waals surface area contributed by atoms with Crippen molar-refractivity contribution in [2.75, 3.05) is 33.2 Å². The molecular weight excluding hydrogens is 262 g/mol. The third-order valence-corrected chi connectivity index (χ3v) is 4.32. The molecule has 0 aromatic heterocycles. The molecule has 0 radical (unpaired) electrons. The van der Waals surface area contributed by atoms with Crippen LogP contribution in [-0.4, -0.2) is 44.2 Å². The average molecular weight is 289 g/mol. The van der Waals surface area contributed by atoms with E-state index in [1.807, 2.05) is 0 Å². The first-order valence-electron chi connectivity index (χ1n) is 7.98. The highest BCUT2D eigenvalue weighted by molar-refractivity contribution is 5.73. The van der Waals surface area contributed by atoms with Crippen LogP contribution in [0, 0.1) is 0 Å². The lowest BCUT2D eigenvalue weighted by atomic mass is 9.83. The largest absolute Gasteiger partial charge is 0.338 e. The molecule has 0 saturated carbocycles. The van der Waals surface area contributed by atoms with E-state index < -0.39 is 0 Å². The molecule has 2 rings (SSSR count). The lowest BCUT2D eigenvalue weighted by molar-refractivity contribution is 0.237. The van der Waals surface area contributed by atoms with Crippen LogP contribution >= 0.6 is 0 Å². The Morgan fingerprint density at radius 2 is 2.14 bits per heavy atom. The van der Waals surface area contributed by atoms with E-state index in [-0.39, 0.29) is 6.03 Å². The molecule has 1 aliphatic carbocycles. The summed E-state index contributed by atoms with van der Waals surface area (Å²) in [6, 6.07) is 8.56. The Hall–Kier alpha value is -1.55. The number of urea groups is 1. The number of rotatable bonds is 6. The summed E-state index contributed by atoms with van der Waals surface area (Å²) in [5.74, 6) is 0.457. The first-order valence-corrected chi connectivity index (χ1v) is 7.98. The van der Waals surface area contributed by atoms with Gasteiger partial charge in [-0.3, -0.25) is 0 Å². The van der Waals surface area contributed by atoms with Gasteiger partial charge < -0.3 is 15.5 Å². The van der Waals surface area contributed by atoms with Crippen LogP contribution in [-0.2, 0) is 6.42 Å². The highest BCUT2D eigenvalue weighted by atomic mass is 16.2. The second-order valence-electron chi connectivity index (χ2n) is 5.82. The Bertz CT molecular complexity index is 461. The predicted molar refractivity (Wildman–Crippen MR) is 86.7 cm³/mol. The Morgan fingerprint density at radius 3 is 2.95 bits per heavy atom. The van der Waals surface area contributed by atoms with Crippen molar-refractivity contribution < 1.29 is 4.79 Å². The Labute approximate surface area is 127 Å². The van der Waals surface area contributed by atoms with Gasteiger partial charge in [-0.2, -0.15) is 0 Å². The number of benzene rings is 1. The average Bonchev–Trinajstić information content (AvgIpc) is 2.52. The second kappa shape index (κ2) is 8.03. The first kappa shape index (κ1) is 15.8. The second-order valence-corrected chi connectivity index (χ2v) is 5.82. The number of carbonyl (C=O) groups excluding carboxylic acids is 1. The Balaban J connectivity index is 1.75. The van der Waals surface area contributed by atoms with Crippen molar-refractivity contribution in [3.05, 3.63) is 35.4 Å². The number of nitrogens with zero attached hydrogens (tertiary/aromatic N) is 1. The Morgan fingerprint density at radius 1 is 1.33 bits per heavy atom. The molecule has 2 N–H and O–H groups in total. The minimum Gasteiger partial charge on any atom is -0.338 e. The van der Waals surface area contributed by atoms with Gasteiger partial charge in [0.1, 0.15) is 0 Å². The molecule has 1 aromatic rings. The fourth-order valence-corrected chi connectivity index (χ4v) is 2.86. The van der Waals surface area contributed by atoms with Gasteiger partial charge >= 0.3 is 6.03 Å². The van der Waals surface area contributed by atoms with E-state index in [1.165, 1.54) is 24.0 Å². The molecule has 0 heterocycles. The lowest BCUT2D eigenvalue weighted by Gasteiger charge is -2.25. The highest BCUT2D eigenvalue weighted by Crippen LogP contribution is 2.30. The smallest absolute Gasteiger partial charge is 0.314 e. The molecule has 0 spiro atoms. The van der Waals surface area contributed by atoms with Crippen molar-refractivity contribution in [2.45, 2.75) is 32.1 Å². The monoisotopic (exact) mass is 289 g/mol. The molecule has 0 aliphatic heterocycles. The molecule has 0 saturated heterocycles. The van der Waals surface area contributed by atoms with Gasteiger partial charge in [-0.1, -0.05) is 31.2 Å². The third-order valence-electron chi connectivity index (χ3n) is 4.32. The van der Waals surface area contributed by atoms with E-state index in [2.05, 4.69) is 53.8 Å². The number of likely N-dealkylation sites (N-methyl/N-ethyl adjacent to an activating group) is 1. The van der Waals surface area contributed by atoms with Gasteiger partial charge in [0.25, 0.3) is 0 Å². The van der Waals surface area contributed by atoms with Gasteiger partial charge in [0.05, 0.1) is 0 Å². The van der Waals surface area contributed by atoms with E-state index in [4.69, 9.17) is 0 Å². The number of amides is 2. The molecule has 1 aliphatic rings. The van der Waals surface area contributed by atoms with Gasteiger partial charge in [0.2, 0.25) is 0 Å². The zero-order valence-electron chi connectivity index (χ0n) is 13.2. The number of nitrogens with one attached hydrogen (secondary N) is 2. The predicted octanol–water partition coefficient (Wildman–Crippen LogP) is 2.36. The molecule has 0 fully saturated rings. The molecule has 4 nitrogen and oxygen atoms in total. The van der Waals surface area contributed by atoms with Gasteiger partial charge in [0.15, 0.2) is 0 Å². The van der Waals surface area contributed by atoms with Gasteiger partial charge in [-0.15, -0.1) is 0 Å². The van der Waals surface area contributed by atoms with E-state index in [1.54, 1.807) is 0 Å². The molecule has 0 unspecified atom stereocenters. The van der Waals surface area contributed by atoms with Gasteiger partial charge in [-0.05, 0) is 44.0 Å². The lowest BCUT2D eigenvalue weighted by Crippen LogP contribution is -2.41. The van der Waals surface area contributed by atoms with Crippen LogP contribution in [0.5, 0.6) is 0 Å². The fourth-order valence-electron chi connectivity index (χ4n) is 2.86. The highest BCUT2D eigenvalue weighted by Gasteiger charge is 2.19. The van der Waals surface area contributed by atoms with E-state index in [0.29, 0.717) is 12.5 Å². The van der Waals surface area contributed by atoms with Crippen LogP contribution < -0.4 is 10.6 Å². The van der Waals surface area contributed by atoms with E-state index >= 15 is 0 Å². The molecular formula is C17H27N3O. The van der Waals surface area contributed by atoms with E-state index in [9.17, 15) is 4.79 Å². The Kier molecular flexibility index (Phi) is 6.05. The van der Waals surface area contributed by atoms with Crippen molar-refractivity contribution in [1.82, 2.24) is 15.5 Å². The minimum atomic E-state index is -0.0532. The van der Waals surface area contributed by atoms with Crippen LogP contribution in [0.25, 0.3) is 0 Å². The van der Waals surface area contributed by atoms with Crippen LogP contribution in [0.4, 0.5) is 4.79 Å². The molecule has 0 bridgehead atoms. The maximum atomic E-state index is 11.8. The topological polar surface area (TPSA) is 44.4 Å². The summed E-state index contributed by atoms with van der Waals surface area (Å²) in [5, 5.41) is 5.94. The minimum absolute atomic E-state index is 0.0532. The number of hydrogen-bond acceptors (Lipinski definition) is 2. The SMILES string of the molecule is CCN(C)CCNC(=O)NC[C@@H]1CCCc2ccccc21. The number of fused-ring (bicyclic) bond motifs is 1. The van der Waals surface area contributed by atoms with Crippen LogP contribution in [0.2, 0.25) is 0 Å². The number of carbonyl (C=O) groups is 1. The maximum absolute atomic E-state index is 11.8. The quantitative estimate of drug-likeness (QED) is 0.844. The summed E-state index contributed by atoms with van der Waals surface area (Å²) in [7, 11) is 2.05. The summed E-state index contributed by atoms with van der Waals surface area (Å²) in [4.78, 5) is 14.0. The molecule has 1 atom stereocenters. The maximum Gasteiger partial charge on any atom is 0.314 e. The van der Waals surface area contributed by atoms with E-state index in [0.717, 1.165) is 26.1 Å². The molecule has 116 valence electrons. The summed E-state index contributed by atoms with van der Waals surface area (Å²) < 4.78 is 0. The zero-order chi connectivity index (χ0) is 15.1. The van der Waals surface area contributed by atoms with Crippen molar-refractivity contribution >= 4 is 6.03 Å². The van der Waals surface area contributed by atoms with Crippen molar-refractivity contribution in [3.63, 3.8) is 0 Å². The van der Waals surface area contributed by atoms with Crippen molar-refractivity contribution in [2.24, 2.45) is 0 Å². The normalized spacial score (nSPS) is 17.4. The van der Waals surface area contributed by atoms with Crippen molar-refractivity contribution in [1.29, 1.82) is 0 Å². The molecule has 1 aromatic carbocycles. The van der Waals surface area contributed by atoms with Gasteiger partial charge in [0, 0.05) is 25.6 Å². The molecule has 4 heteroatoms. The summed E-state index contributed by atoms with van der Waals surface area (Å²) in [5.41, 5.74) is 2.86. The standard InChI is InChI=1S/C17H27N3O/c1-3-20(2)12-11-18-17(21)19-13-15-9-6-8-14-7-4-5-10-16(14)15/h4-5,7,10,15H,3,6,8-9,11-13H2,1-2H3,(H2,18,19,21)/t15-/m0/s1. The summed E-state index contributed by atoms with van der Waals surface area (Å²) >= 11 is 0. The third kappa shape index (κ3) is 4.74. The summed E-state index contributed by atoms with van der Waals surface area (Å²) in [6.07, 6.45) is 3.55. The van der Waals surface area contributed by atoms with Gasteiger partial charge in [-0.25, -0.2) is 4.79 Å². The van der Waals surface area contributed by atoms with Crippen LogP contribution in [0.3, 0.4) is 0 Å². The number of aryl methyl sites for hydroxylation is 1. The fraction of sp³-hybridized carbons (Fsp3) is 0.588. The van der Waals surface area contributed by atoms with Crippen molar-refractivity contribution in [3.8, 4) is 0 Å². The summed E-state index contributed by atoms with van der Waals surface area (Å²) in [6.45, 7) is 5.42. The zero-order valence-corrected chi connectivity index (χ0v) is 13.2. The number of hydrogen-bond donors (Lipinski definition) is 2. The molecule has 21 heavy (non-hydrogen) atoms. The molecule has 2 amide bonds. The first-order chi connectivity index (χ1) is 10.2.